The third kappa shape index (κ3) is 3.08. The fourth-order valence-corrected chi connectivity index (χ4v) is 3.99. The van der Waals surface area contributed by atoms with E-state index in [4.69, 9.17) is 0 Å². The first-order valence-corrected chi connectivity index (χ1v) is 8.61. The first-order chi connectivity index (χ1) is 12.5. The van der Waals surface area contributed by atoms with Gasteiger partial charge in [0.05, 0.1) is 5.92 Å². The van der Waals surface area contributed by atoms with Crippen molar-refractivity contribution in [1.29, 1.82) is 0 Å². The zero-order chi connectivity index (χ0) is 18.8. The van der Waals surface area contributed by atoms with Crippen molar-refractivity contribution >= 4 is 6.41 Å². The summed E-state index contributed by atoms with van der Waals surface area (Å²) >= 11 is 0. The van der Waals surface area contributed by atoms with Gasteiger partial charge in [0.25, 0.3) is 0 Å². The first-order valence-electron chi connectivity index (χ1n) is 8.61. The van der Waals surface area contributed by atoms with E-state index in [9.17, 15) is 20.0 Å². The summed E-state index contributed by atoms with van der Waals surface area (Å²) < 4.78 is 0. The Morgan fingerprint density at radius 1 is 1.08 bits per heavy atom. The minimum atomic E-state index is -1.10. The summed E-state index contributed by atoms with van der Waals surface area (Å²) in [7, 11) is 0. The van der Waals surface area contributed by atoms with Crippen LogP contribution in [0.2, 0.25) is 0 Å². The third-order valence-electron chi connectivity index (χ3n) is 5.32. The van der Waals surface area contributed by atoms with Gasteiger partial charge in [-0.25, -0.2) is 0 Å². The molecule has 136 valence electrons. The van der Waals surface area contributed by atoms with E-state index >= 15 is 0 Å². The normalized spacial score (nSPS) is 28.6. The monoisotopic (exact) mass is 354 g/mol. The van der Waals surface area contributed by atoms with Gasteiger partial charge in [-0.2, -0.15) is 0 Å². The molecule has 1 aliphatic heterocycles. The average Bonchev–Trinajstić information content (AvgIpc) is 2.64. The molecule has 0 unspecified atom stereocenters. The number of aryl methyl sites for hydroxylation is 1. The number of hydrogen-bond acceptors (Lipinski definition) is 4. The standard InChI is InChI=1S/C20H22N2O4/c1-13-8-10-15(11-9-13)17-14(2)20(24)21(12-23)18(19(17)22(25)26)16-6-4-3-5-7-16/h3-12,14,17-20,24H,1-2H3/t14-,17+,18-,19+,20+/m1/s1. The number of likely N-dealkylation sites (tertiary alicyclic amines) is 1. The fourth-order valence-electron chi connectivity index (χ4n) is 3.99. The highest BCUT2D eigenvalue weighted by atomic mass is 16.6. The third-order valence-corrected chi connectivity index (χ3v) is 5.32. The summed E-state index contributed by atoms with van der Waals surface area (Å²) in [5.41, 5.74) is 2.50. The van der Waals surface area contributed by atoms with Crippen LogP contribution >= 0.6 is 0 Å². The molecule has 5 atom stereocenters. The lowest BCUT2D eigenvalue weighted by Gasteiger charge is -2.46. The molecule has 1 N–H and O–H groups in total. The topological polar surface area (TPSA) is 83.7 Å². The molecule has 0 saturated carbocycles. The van der Waals surface area contributed by atoms with Gasteiger partial charge in [-0.15, -0.1) is 0 Å². The quantitative estimate of drug-likeness (QED) is 0.520. The summed E-state index contributed by atoms with van der Waals surface area (Å²) in [4.78, 5) is 24.6. The van der Waals surface area contributed by atoms with E-state index in [2.05, 4.69) is 0 Å². The minimum absolute atomic E-state index is 0.318. The minimum Gasteiger partial charge on any atom is -0.373 e. The van der Waals surface area contributed by atoms with Crippen molar-refractivity contribution in [2.45, 2.75) is 38.1 Å². The van der Waals surface area contributed by atoms with Crippen LogP contribution < -0.4 is 0 Å². The highest BCUT2D eigenvalue weighted by Crippen LogP contribution is 2.45. The molecule has 1 saturated heterocycles. The van der Waals surface area contributed by atoms with Crippen LogP contribution in [0, 0.1) is 23.0 Å². The van der Waals surface area contributed by atoms with Crippen LogP contribution in [0.1, 0.15) is 35.6 Å². The van der Waals surface area contributed by atoms with Gasteiger partial charge in [-0.05, 0) is 18.1 Å². The van der Waals surface area contributed by atoms with Gasteiger partial charge in [0.1, 0.15) is 12.3 Å². The number of hydrogen-bond donors (Lipinski definition) is 1. The molecule has 2 aromatic carbocycles. The van der Waals surface area contributed by atoms with E-state index in [1.165, 1.54) is 4.90 Å². The number of aliphatic hydroxyl groups excluding tert-OH is 1. The highest BCUT2D eigenvalue weighted by molar-refractivity contribution is 5.51. The smallest absolute Gasteiger partial charge is 0.244 e. The zero-order valence-electron chi connectivity index (χ0n) is 14.7. The molecule has 0 aromatic heterocycles. The maximum Gasteiger partial charge on any atom is 0.244 e. The Bertz CT molecular complexity index is 778. The lowest BCUT2D eigenvalue weighted by molar-refractivity contribution is -0.543. The maximum absolute atomic E-state index is 12.1. The number of carbonyl (C=O) groups is 1. The zero-order valence-corrected chi connectivity index (χ0v) is 14.7. The maximum atomic E-state index is 12.1. The molecular weight excluding hydrogens is 332 g/mol. The van der Waals surface area contributed by atoms with Gasteiger partial charge in [0, 0.05) is 10.8 Å². The average molecular weight is 354 g/mol. The van der Waals surface area contributed by atoms with E-state index in [1.54, 1.807) is 31.2 Å². The predicted molar refractivity (Wildman–Crippen MR) is 97.0 cm³/mol. The molecular formula is C20H22N2O4. The van der Waals surface area contributed by atoms with Gasteiger partial charge in [0.2, 0.25) is 12.5 Å². The van der Waals surface area contributed by atoms with Crippen molar-refractivity contribution < 1.29 is 14.8 Å². The molecule has 0 spiro atoms. The number of amides is 1. The molecule has 0 bridgehead atoms. The van der Waals surface area contributed by atoms with Crippen molar-refractivity contribution in [2.24, 2.45) is 5.92 Å². The van der Waals surface area contributed by atoms with Crippen LogP contribution in [-0.2, 0) is 4.79 Å². The lowest BCUT2D eigenvalue weighted by Crippen LogP contribution is -2.57. The molecule has 0 radical (unpaired) electrons. The molecule has 1 heterocycles. The number of aliphatic hydroxyl groups is 1. The van der Waals surface area contributed by atoms with Gasteiger partial charge < -0.3 is 10.0 Å². The van der Waals surface area contributed by atoms with Crippen molar-refractivity contribution in [3.05, 3.63) is 81.4 Å². The van der Waals surface area contributed by atoms with E-state index in [0.717, 1.165) is 11.1 Å². The Kier molecular flexibility index (Phi) is 5.04. The number of carbonyl (C=O) groups excluding carboxylic acids is 1. The molecule has 6 heteroatoms. The number of rotatable bonds is 4. The summed E-state index contributed by atoms with van der Waals surface area (Å²) in [6.07, 6.45) is -0.582. The van der Waals surface area contributed by atoms with Crippen LogP contribution in [0.4, 0.5) is 0 Å². The second kappa shape index (κ2) is 7.25. The molecule has 6 nitrogen and oxygen atoms in total. The van der Waals surface area contributed by atoms with Crippen molar-refractivity contribution in [3.8, 4) is 0 Å². The summed E-state index contributed by atoms with van der Waals surface area (Å²) in [6.45, 7) is 3.71. The van der Waals surface area contributed by atoms with Crippen molar-refractivity contribution in [3.63, 3.8) is 0 Å². The molecule has 2 aromatic rings. The van der Waals surface area contributed by atoms with Gasteiger partial charge in [0.15, 0.2) is 0 Å². The second-order valence-electron chi connectivity index (χ2n) is 6.89. The number of piperidine rings is 1. The fraction of sp³-hybridized carbons (Fsp3) is 0.350. The van der Waals surface area contributed by atoms with Crippen LogP contribution in [0.5, 0.6) is 0 Å². The molecule has 1 aliphatic rings. The summed E-state index contributed by atoms with van der Waals surface area (Å²) in [6, 6.07) is 14.6. The number of nitrogens with zero attached hydrogens (tertiary/aromatic N) is 2. The van der Waals surface area contributed by atoms with Crippen LogP contribution in [0.25, 0.3) is 0 Å². The van der Waals surface area contributed by atoms with Crippen LogP contribution in [0.3, 0.4) is 0 Å². The number of nitro groups is 1. The van der Waals surface area contributed by atoms with Gasteiger partial charge in [-0.1, -0.05) is 67.1 Å². The molecule has 26 heavy (non-hydrogen) atoms. The SMILES string of the molecule is Cc1ccc([C@@H]2[C@@H](C)[C@H](O)N(C=O)[C@H](c3ccccc3)[C@H]2[N+](=O)[O-])cc1. The lowest BCUT2D eigenvalue weighted by atomic mass is 9.72. The van der Waals surface area contributed by atoms with Crippen LogP contribution in [0.15, 0.2) is 54.6 Å². The largest absolute Gasteiger partial charge is 0.373 e. The summed E-state index contributed by atoms with van der Waals surface area (Å²) in [5, 5.41) is 22.8. The Hall–Kier alpha value is -2.73. The van der Waals surface area contributed by atoms with Gasteiger partial charge >= 0.3 is 0 Å². The van der Waals surface area contributed by atoms with E-state index < -0.39 is 30.1 Å². The van der Waals surface area contributed by atoms with E-state index in [0.29, 0.717) is 12.0 Å². The molecule has 3 rings (SSSR count). The highest BCUT2D eigenvalue weighted by Gasteiger charge is 2.54. The molecule has 1 fully saturated rings. The number of benzene rings is 2. The predicted octanol–water partition coefficient (Wildman–Crippen LogP) is 2.89. The second-order valence-corrected chi connectivity index (χ2v) is 6.89. The Labute approximate surface area is 152 Å². The van der Waals surface area contributed by atoms with E-state index in [-0.39, 0.29) is 4.92 Å². The van der Waals surface area contributed by atoms with Crippen molar-refractivity contribution in [2.75, 3.05) is 0 Å². The van der Waals surface area contributed by atoms with Crippen LogP contribution in [-0.4, -0.2) is 33.6 Å². The summed E-state index contributed by atoms with van der Waals surface area (Å²) in [5.74, 6) is -0.986. The first kappa shape index (κ1) is 18.1. The van der Waals surface area contributed by atoms with Gasteiger partial charge in [-0.3, -0.25) is 14.9 Å². The Morgan fingerprint density at radius 3 is 2.23 bits per heavy atom. The Morgan fingerprint density at radius 2 is 1.69 bits per heavy atom. The molecule has 1 amide bonds. The van der Waals surface area contributed by atoms with E-state index in [1.807, 2.05) is 37.3 Å². The Balaban J connectivity index is 2.15. The van der Waals surface area contributed by atoms with Crippen molar-refractivity contribution in [1.82, 2.24) is 4.90 Å². The molecule has 0 aliphatic carbocycles.